The topological polar surface area (TPSA) is 137 Å². The zero-order valence-corrected chi connectivity index (χ0v) is 11.6. The third-order valence-corrected chi connectivity index (χ3v) is 2.79. The van der Waals surface area contributed by atoms with Crippen molar-refractivity contribution < 1.29 is 4.79 Å². The van der Waals surface area contributed by atoms with E-state index in [0.29, 0.717) is 11.4 Å². The number of nitrogens with one attached hydrogen (secondary N) is 2. The Morgan fingerprint density at radius 3 is 2.64 bits per heavy atom. The molecule has 1 aromatic heterocycles. The molecule has 0 unspecified atom stereocenters. The SMILES string of the molecule is Cc1cc(=O)[nH]nc1-c1ccc(N/N=C(\C#N)C(N)=O)cc1. The number of hydrogen-bond donors (Lipinski definition) is 3. The summed E-state index contributed by atoms with van der Waals surface area (Å²) in [7, 11) is 0. The van der Waals surface area contributed by atoms with E-state index < -0.39 is 11.6 Å². The summed E-state index contributed by atoms with van der Waals surface area (Å²) in [6.07, 6.45) is 0. The molecule has 22 heavy (non-hydrogen) atoms. The van der Waals surface area contributed by atoms with Gasteiger partial charge in [-0.15, -0.1) is 0 Å². The van der Waals surface area contributed by atoms with Gasteiger partial charge in [0.25, 0.3) is 11.5 Å². The van der Waals surface area contributed by atoms with Crippen LogP contribution in [0.15, 0.2) is 40.2 Å². The molecule has 0 fully saturated rings. The number of H-pyrrole nitrogens is 1. The number of carbonyl (C=O) groups excluding carboxylic acids is 1. The molecule has 2 aromatic rings. The second-order valence-corrected chi connectivity index (χ2v) is 4.39. The molecule has 0 radical (unpaired) electrons. The number of amides is 1. The van der Waals surface area contributed by atoms with Gasteiger partial charge in [0.15, 0.2) is 0 Å². The van der Waals surface area contributed by atoms with E-state index in [-0.39, 0.29) is 5.56 Å². The van der Waals surface area contributed by atoms with Gasteiger partial charge in [0.1, 0.15) is 6.07 Å². The van der Waals surface area contributed by atoms with Crippen molar-refractivity contribution in [2.24, 2.45) is 10.8 Å². The predicted octanol–water partition coefficient (Wildman–Crippen LogP) is 0.522. The number of aromatic nitrogens is 2. The highest BCUT2D eigenvalue weighted by atomic mass is 16.1. The van der Waals surface area contributed by atoms with Gasteiger partial charge >= 0.3 is 0 Å². The third-order valence-electron chi connectivity index (χ3n) is 2.79. The molecule has 0 saturated heterocycles. The van der Waals surface area contributed by atoms with Crippen molar-refractivity contribution in [2.45, 2.75) is 6.92 Å². The average Bonchev–Trinajstić information content (AvgIpc) is 2.48. The zero-order chi connectivity index (χ0) is 16.1. The molecule has 8 heteroatoms. The number of hydrazone groups is 1. The summed E-state index contributed by atoms with van der Waals surface area (Å²) in [4.78, 5) is 22.0. The highest BCUT2D eigenvalue weighted by Crippen LogP contribution is 2.21. The van der Waals surface area contributed by atoms with Crippen LogP contribution in [0.25, 0.3) is 11.3 Å². The first-order chi connectivity index (χ1) is 10.5. The van der Waals surface area contributed by atoms with Crippen LogP contribution in [-0.2, 0) is 4.79 Å². The molecule has 1 amide bonds. The normalized spacial score (nSPS) is 10.8. The summed E-state index contributed by atoms with van der Waals surface area (Å²) in [5.74, 6) is -0.903. The van der Waals surface area contributed by atoms with Crippen LogP contribution in [0.1, 0.15) is 5.56 Å². The number of anilines is 1. The van der Waals surface area contributed by atoms with E-state index in [1.165, 1.54) is 6.07 Å². The molecule has 8 nitrogen and oxygen atoms in total. The Kier molecular flexibility index (Phi) is 4.29. The van der Waals surface area contributed by atoms with Gasteiger partial charge in [0.2, 0.25) is 5.71 Å². The van der Waals surface area contributed by atoms with E-state index in [2.05, 4.69) is 20.7 Å². The lowest BCUT2D eigenvalue weighted by atomic mass is 10.1. The smallest absolute Gasteiger partial charge is 0.280 e. The average molecular weight is 296 g/mol. The maximum Gasteiger partial charge on any atom is 0.280 e. The molecule has 0 aliphatic rings. The maximum atomic E-state index is 11.2. The predicted molar refractivity (Wildman–Crippen MR) is 80.9 cm³/mol. The molecule has 0 spiro atoms. The minimum Gasteiger partial charge on any atom is -0.364 e. The number of benzene rings is 1. The Balaban J connectivity index is 2.22. The zero-order valence-electron chi connectivity index (χ0n) is 11.6. The number of rotatable bonds is 4. The van der Waals surface area contributed by atoms with Gasteiger partial charge in [0, 0.05) is 11.6 Å². The molecule has 1 aromatic carbocycles. The molecule has 4 N–H and O–H groups in total. The highest BCUT2D eigenvalue weighted by molar-refractivity contribution is 6.44. The molecular weight excluding hydrogens is 284 g/mol. The van der Waals surface area contributed by atoms with E-state index in [9.17, 15) is 9.59 Å². The third kappa shape index (κ3) is 3.34. The Morgan fingerprint density at radius 1 is 1.41 bits per heavy atom. The van der Waals surface area contributed by atoms with E-state index in [4.69, 9.17) is 11.0 Å². The monoisotopic (exact) mass is 296 g/mol. The summed E-state index contributed by atoms with van der Waals surface area (Å²) in [6, 6.07) is 9.98. The first-order valence-corrected chi connectivity index (χ1v) is 6.21. The Labute approximate surface area is 125 Å². The lowest BCUT2D eigenvalue weighted by molar-refractivity contribution is -0.111. The van der Waals surface area contributed by atoms with Crippen molar-refractivity contribution in [1.82, 2.24) is 10.2 Å². The van der Waals surface area contributed by atoms with E-state index >= 15 is 0 Å². The van der Waals surface area contributed by atoms with Crippen LogP contribution >= 0.6 is 0 Å². The quantitative estimate of drug-likeness (QED) is 0.558. The summed E-state index contributed by atoms with van der Waals surface area (Å²) in [5, 5.41) is 18.7. The molecule has 0 aliphatic heterocycles. The van der Waals surface area contributed by atoms with E-state index in [1.54, 1.807) is 37.3 Å². The van der Waals surface area contributed by atoms with Gasteiger partial charge in [0.05, 0.1) is 11.4 Å². The van der Waals surface area contributed by atoms with Gasteiger partial charge in [-0.3, -0.25) is 15.0 Å². The fourth-order valence-corrected chi connectivity index (χ4v) is 1.75. The number of nitriles is 1. The standard InChI is InChI=1S/C14H12N6O2/c1-8-6-12(21)19-20-13(8)9-2-4-10(5-3-9)17-18-11(7-15)14(16)22/h2-6,17H,1H3,(H2,16,22)(H,19,21)/b18-11+. The Bertz CT molecular complexity index is 830. The van der Waals surface area contributed by atoms with Gasteiger partial charge < -0.3 is 5.73 Å². The first-order valence-electron chi connectivity index (χ1n) is 6.21. The summed E-state index contributed by atoms with van der Waals surface area (Å²) >= 11 is 0. The Morgan fingerprint density at radius 2 is 2.09 bits per heavy atom. The second-order valence-electron chi connectivity index (χ2n) is 4.39. The van der Waals surface area contributed by atoms with Crippen molar-refractivity contribution in [2.75, 3.05) is 5.43 Å². The lowest BCUT2D eigenvalue weighted by Crippen LogP contribution is -2.22. The molecular formula is C14H12N6O2. The van der Waals surface area contributed by atoms with Gasteiger partial charge in [-0.2, -0.15) is 15.5 Å². The number of hydrogen-bond acceptors (Lipinski definition) is 6. The molecule has 0 aliphatic carbocycles. The van der Waals surface area contributed by atoms with Gasteiger partial charge in [-0.05, 0) is 24.6 Å². The van der Waals surface area contributed by atoms with Gasteiger partial charge in [-0.1, -0.05) is 12.1 Å². The molecule has 2 rings (SSSR count). The van der Waals surface area contributed by atoms with Crippen molar-refractivity contribution in [3.05, 3.63) is 46.2 Å². The van der Waals surface area contributed by atoms with Crippen molar-refractivity contribution in [1.29, 1.82) is 5.26 Å². The van der Waals surface area contributed by atoms with Crippen LogP contribution in [0.2, 0.25) is 0 Å². The summed E-state index contributed by atoms with van der Waals surface area (Å²) < 4.78 is 0. The minimum absolute atomic E-state index is 0.260. The Hall–Kier alpha value is -3.47. The van der Waals surface area contributed by atoms with Crippen LogP contribution in [0.5, 0.6) is 0 Å². The number of nitrogens with zero attached hydrogens (tertiary/aromatic N) is 3. The van der Waals surface area contributed by atoms with Gasteiger partial charge in [-0.25, -0.2) is 5.10 Å². The highest BCUT2D eigenvalue weighted by Gasteiger charge is 2.06. The molecule has 110 valence electrons. The van der Waals surface area contributed by atoms with E-state index in [1.807, 2.05) is 0 Å². The molecule has 0 saturated carbocycles. The van der Waals surface area contributed by atoms with Crippen molar-refractivity contribution in [3.63, 3.8) is 0 Å². The van der Waals surface area contributed by atoms with Crippen LogP contribution in [-0.4, -0.2) is 21.8 Å². The number of aromatic amines is 1. The number of carbonyl (C=O) groups is 1. The van der Waals surface area contributed by atoms with Crippen LogP contribution in [0.3, 0.4) is 0 Å². The molecule has 1 heterocycles. The largest absolute Gasteiger partial charge is 0.364 e. The molecule has 0 bridgehead atoms. The number of aryl methyl sites for hydroxylation is 1. The van der Waals surface area contributed by atoms with Crippen LogP contribution < -0.4 is 16.7 Å². The summed E-state index contributed by atoms with van der Waals surface area (Å²) in [5.41, 5.74) is 9.65. The van der Waals surface area contributed by atoms with Crippen molar-refractivity contribution >= 4 is 17.3 Å². The number of primary amides is 1. The lowest BCUT2D eigenvalue weighted by Gasteiger charge is -2.05. The molecule has 0 atom stereocenters. The van der Waals surface area contributed by atoms with Crippen molar-refractivity contribution in [3.8, 4) is 17.3 Å². The second kappa shape index (κ2) is 6.32. The summed E-state index contributed by atoms with van der Waals surface area (Å²) in [6.45, 7) is 1.79. The fourth-order valence-electron chi connectivity index (χ4n) is 1.75. The fraction of sp³-hybridized carbons (Fsp3) is 0.0714. The van der Waals surface area contributed by atoms with Crippen LogP contribution in [0.4, 0.5) is 5.69 Å². The van der Waals surface area contributed by atoms with E-state index in [0.717, 1.165) is 11.1 Å². The first kappa shape index (κ1) is 14.9. The number of nitrogens with two attached hydrogens (primary N) is 1. The van der Waals surface area contributed by atoms with Crippen LogP contribution in [0, 0.1) is 18.3 Å². The maximum absolute atomic E-state index is 11.2. The minimum atomic E-state index is -0.903.